The van der Waals surface area contributed by atoms with Gasteiger partial charge in [-0.3, -0.25) is 9.69 Å². The van der Waals surface area contributed by atoms with Crippen LogP contribution in [-0.2, 0) is 4.74 Å². The highest BCUT2D eigenvalue weighted by molar-refractivity contribution is 5.94. The number of morpholine rings is 1. The molecule has 0 aromatic heterocycles. The number of hydrogen-bond acceptors (Lipinski definition) is 4. The molecule has 8 heteroatoms. The van der Waals surface area contributed by atoms with Crippen molar-refractivity contribution in [2.75, 3.05) is 32.7 Å². The zero-order valence-corrected chi connectivity index (χ0v) is 19.6. The molecule has 1 atom stereocenters. The van der Waals surface area contributed by atoms with Crippen molar-refractivity contribution in [1.82, 2.24) is 9.80 Å². The molecule has 2 aliphatic rings. The largest absolute Gasteiger partial charge is 0.491 e. The normalized spacial score (nSPS) is 21.1. The van der Waals surface area contributed by atoms with Crippen LogP contribution in [0.15, 0.2) is 54.6 Å². The monoisotopic (exact) mass is 476 g/mol. The topological polar surface area (TPSA) is 42.0 Å². The third-order valence-corrected chi connectivity index (χ3v) is 6.34. The molecule has 2 aromatic rings. The fourth-order valence-corrected chi connectivity index (χ4v) is 4.82. The lowest BCUT2D eigenvalue weighted by Crippen LogP contribution is -2.59. The number of nitrogens with zero attached hydrogens (tertiary/aromatic N) is 2. The van der Waals surface area contributed by atoms with Crippen LogP contribution in [0.3, 0.4) is 0 Å². The molecule has 0 aliphatic carbocycles. The van der Waals surface area contributed by atoms with Gasteiger partial charge in [0.15, 0.2) is 0 Å². The molecule has 34 heavy (non-hydrogen) atoms. The van der Waals surface area contributed by atoms with E-state index < -0.39 is 24.4 Å². The van der Waals surface area contributed by atoms with Gasteiger partial charge in [0.25, 0.3) is 5.91 Å². The van der Waals surface area contributed by atoms with Crippen LogP contribution in [0.5, 0.6) is 5.75 Å². The van der Waals surface area contributed by atoms with Crippen molar-refractivity contribution in [2.24, 2.45) is 0 Å². The molecular weight excluding hydrogens is 445 g/mol. The Morgan fingerprint density at radius 3 is 2.32 bits per heavy atom. The quantitative estimate of drug-likeness (QED) is 0.603. The summed E-state index contributed by atoms with van der Waals surface area (Å²) in [7, 11) is 0. The molecule has 2 aromatic carbocycles. The van der Waals surface area contributed by atoms with Crippen molar-refractivity contribution in [3.05, 3.63) is 65.7 Å². The van der Waals surface area contributed by atoms with Gasteiger partial charge in [0.05, 0.1) is 24.4 Å². The first-order valence-electron chi connectivity index (χ1n) is 11.7. The molecular formula is C26H31F3N2O3. The van der Waals surface area contributed by atoms with Gasteiger partial charge in [0.2, 0.25) is 0 Å². The minimum absolute atomic E-state index is 0.0481. The second-order valence-electron chi connectivity index (χ2n) is 9.47. The van der Waals surface area contributed by atoms with Crippen LogP contribution < -0.4 is 4.74 Å². The highest BCUT2D eigenvalue weighted by Gasteiger charge is 2.46. The fraction of sp³-hybridized carbons (Fsp3) is 0.500. The van der Waals surface area contributed by atoms with Gasteiger partial charge < -0.3 is 14.4 Å². The van der Waals surface area contributed by atoms with Crippen LogP contribution in [0.4, 0.5) is 13.2 Å². The summed E-state index contributed by atoms with van der Waals surface area (Å²) >= 11 is 0. The minimum Gasteiger partial charge on any atom is -0.491 e. The Bertz CT molecular complexity index is 956. The molecule has 184 valence electrons. The van der Waals surface area contributed by atoms with Crippen molar-refractivity contribution < 1.29 is 27.4 Å². The van der Waals surface area contributed by atoms with E-state index in [1.165, 1.54) is 4.90 Å². The molecule has 1 amide bonds. The first-order chi connectivity index (χ1) is 16.1. The third kappa shape index (κ3) is 6.10. The summed E-state index contributed by atoms with van der Waals surface area (Å²) in [6.45, 7) is 4.18. The highest BCUT2D eigenvalue weighted by atomic mass is 19.4. The van der Waals surface area contributed by atoms with Crippen LogP contribution in [0.25, 0.3) is 0 Å². The van der Waals surface area contributed by atoms with Crippen LogP contribution in [-0.4, -0.2) is 66.3 Å². The van der Waals surface area contributed by atoms with Crippen LogP contribution in [0.2, 0.25) is 0 Å². The fourth-order valence-electron chi connectivity index (χ4n) is 4.82. The van der Waals surface area contributed by atoms with Gasteiger partial charge in [0, 0.05) is 31.7 Å². The molecule has 0 bridgehead atoms. The summed E-state index contributed by atoms with van der Waals surface area (Å²) in [5.74, 6) is 0.616. The zero-order chi connectivity index (χ0) is 24.3. The maximum Gasteiger partial charge on any atom is 0.401 e. The van der Waals surface area contributed by atoms with Gasteiger partial charge in [-0.05, 0) is 56.5 Å². The number of benzene rings is 2. The average Bonchev–Trinajstić information content (AvgIpc) is 2.78. The van der Waals surface area contributed by atoms with Crippen LogP contribution in [0.1, 0.15) is 48.7 Å². The molecule has 2 fully saturated rings. The highest BCUT2D eigenvalue weighted by Crippen LogP contribution is 2.39. The third-order valence-electron chi connectivity index (χ3n) is 6.34. The van der Waals surface area contributed by atoms with E-state index in [0.29, 0.717) is 37.2 Å². The summed E-state index contributed by atoms with van der Waals surface area (Å²) in [6, 6.07) is 16.4. The number of hydrogen-bond donors (Lipinski definition) is 0. The molecule has 2 heterocycles. The lowest BCUT2D eigenvalue weighted by molar-refractivity contribution is -0.205. The van der Waals surface area contributed by atoms with E-state index in [0.717, 1.165) is 5.56 Å². The van der Waals surface area contributed by atoms with Gasteiger partial charge in [-0.15, -0.1) is 0 Å². The maximum absolute atomic E-state index is 13.2. The molecule has 1 unspecified atom stereocenters. The summed E-state index contributed by atoms with van der Waals surface area (Å²) in [5.41, 5.74) is 0.726. The summed E-state index contributed by atoms with van der Waals surface area (Å²) in [5, 5.41) is 0. The molecule has 5 nitrogen and oxygen atoms in total. The van der Waals surface area contributed by atoms with Crippen molar-refractivity contribution in [2.45, 2.75) is 50.7 Å². The van der Waals surface area contributed by atoms with Crippen LogP contribution in [0, 0.1) is 0 Å². The number of piperidine rings is 1. The smallest absolute Gasteiger partial charge is 0.401 e. The lowest BCUT2D eigenvalue weighted by atomic mass is 9.87. The number of rotatable bonds is 5. The van der Waals surface area contributed by atoms with Gasteiger partial charge in [-0.25, -0.2) is 0 Å². The average molecular weight is 477 g/mol. The summed E-state index contributed by atoms with van der Waals surface area (Å²) in [6.07, 6.45) is -3.68. The van der Waals surface area contributed by atoms with E-state index >= 15 is 0 Å². The van der Waals surface area contributed by atoms with Gasteiger partial charge >= 0.3 is 6.18 Å². The first kappa shape index (κ1) is 24.5. The predicted molar refractivity (Wildman–Crippen MR) is 123 cm³/mol. The molecule has 0 saturated carbocycles. The molecule has 2 aliphatic heterocycles. The van der Waals surface area contributed by atoms with E-state index in [1.807, 2.05) is 44.2 Å². The number of ether oxygens (including phenoxy) is 2. The van der Waals surface area contributed by atoms with Gasteiger partial charge in [-0.2, -0.15) is 13.2 Å². The predicted octanol–water partition coefficient (Wildman–Crippen LogP) is 5.08. The van der Waals surface area contributed by atoms with E-state index in [4.69, 9.17) is 9.47 Å². The number of halogens is 3. The second-order valence-corrected chi connectivity index (χ2v) is 9.47. The Morgan fingerprint density at radius 2 is 1.74 bits per heavy atom. The minimum atomic E-state index is -4.28. The Kier molecular flexibility index (Phi) is 7.19. The maximum atomic E-state index is 13.2. The number of carbonyl (C=O) groups is 1. The van der Waals surface area contributed by atoms with Crippen molar-refractivity contribution >= 4 is 5.91 Å². The first-order valence-corrected chi connectivity index (χ1v) is 11.7. The van der Waals surface area contributed by atoms with E-state index in [-0.39, 0.29) is 25.1 Å². The van der Waals surface area contributed by atoms with E-state index in [9.17, 15) is 18.0 Å². The van der Waals surface area contributed by atoms with Crippen molar-refractivity contribution in [3.8, 4) is 5.75 Å². The Balaban J connectivity index is 1.44. The molecule has 0 N–H and O–H groups in total. The Hall–Kier alpha value is -2.58. The number of amides is 1. The van der Waals surface area contributed by atoms with E-state index in [1.54, 1.807) is 29.2 Å². The van der Waals surface area contributed by atoms with Crippen molar-refractivity contribution in [3.63, 3.8) is 0 Å². The van der Waals surface area contributed by atoms with Gasteiger partial charge in [0.1, 0.15) is 5.75 Å². The molecule has 1 spiro atoms. The molecule has 2 saturated heterocycles. The molecule has 0 radical (unpaired) electrons. The number of alkyl halides is 3. The van der Waals surface area contributed by atoms with Gasteiger partial charge in [-0.1, -0.05) is 30.3 Å². The number of carbonyl (C=O) groups excluding carboxylic acids is 1. The summed E-state index contributed by atoms with van der Waals surface area (Å²) < 4.78 is 51.8. The molecule has 4 rings (SSSR count). The van der Waals surface area contributed by atoms with E-state index in [2.05, 4.69) is 0 Å². The lowest BCUT2D eigenvalue weighted by Gasteiger charge is -2.50. The Labute approximate surface area is 198 Å². The summed E-state index contributed by atoms with van der Waals surface area (Å²) in [4.78, 5) is 16.2. The number of likely N-dealkylation sites (tertiary alicyclic amines) is 1. The Morgan fingerprint density at radius 1 is 1.09 bits per heavy atom. The van der Waals surface area contributed by atoms with Crippen LogP contribution >= 0.6 is 0 Å². The second kappa shape index (κ2) is 9.96. The standard InChI is InChI=1S/C26H31F3N2O3/c1-19(2)33-22-10-8-21(9-11-22)24(32)31-14-12-25(13-15-31)17-30(18-26(27,28)29)16-23(34-25)20-6-4-3-5-7-20/h3-11,19,23H,12-18H2,1-2H3. The zero-order valence-electron chi connectivity index (χ0n) is 19.6. The SMILES string of the molecule is CC(C)Oc1ccc(C(=O)N2CCC3(CC2)CN(CC(F)(F)F)CC(c2ccccc2)O3)cc1. The van der Waals surface area contributed by atoms with Crippen molar-refractivity contribution in [1.29, 1.82) is 0 Å².